The number of rotatable bonds is 0. The zero-order valence-corrected chi connectivity index (χ0v) is 11.6. The molecule has 0 spiro atoms. The number of hydrogen-bond donors (Lipinski definition) is 0. The van der Waals surface area contributed by atoms with Crippen molar-refractivity contribution in [2.75, 3.05) is 0 Å². The van der Waals surface area contributed by atoms with E-state index in [0.717, 1.165) is 7.28 Å². The van der Waals surface area contributed by atoms with Crippen molar-refractivity contribution in [2.24, 2.45) is 0 Å². The van der Waals surface area contributed by atoms with Gasteiger partial charge >= 0.3 is 0 Å². The fraction of sp³-hybridized carbons (Fsp3) is 0. The Labute approximate surface area is 124 Å². The molecule has 96 valence electrons. The van der Waals surface area contributed by atoms with E-state index in [0.29, 0.717) is 0 Å². The highest BCUT2D eigenvalue weighted by molar-refractivity contribution is 6.76. The van der Waals surface area contributed by atoms with Crippen molar-refractivity contribution in [3.63, 3.8) is 0 Å². The monoisotopic (exact) mass is 264 g/mol. The minimum atomic E-state index is 1.05. The molecule has 4 aromatic carbocycles. The highest BCUT2D eigenvalue weighted by atomic mass is 14.2. The molecule has 0 fully saturated rings. The van der Waals surface area contributed by atoms with E-state index in [1.165, 1.54) is 43.6 Å². The predicted octanol–water partition coefficient (Wildman–Crippen LogP) is 3.36. The Morgan fingerprint density at radius 2 is 1.24 bits per heavy atom. The van der Waals surface area contributed by atoms with Crippen LogP contribution in [0.15, 0.2) is 72.8 Å². The Hall–Kier alpha value is -2.54. The molecule has 5 rings (SSSR count). The van der Waals surface area contributed by atoms with Crippen molar-refractivity contribution in [3.8, 4) is 11.1 Å². The molecule has 0 aliphatic carbocycles. The van der Waals surface area contributed by atoms with E-state index >= 15 is 0 Å². The molecular weight excluding hydrogens is 251 g/mol. The fourth-order valence-corrected chi connectivity index (χ4v) is 3.73. The normalized spacial score (nSPS) is 12.2. The van der Waals surface area contributed by atoms with E-state index in [-0.39, 0.29) is 0 Å². The first-order valence-electron chi connectivity index (χ1n) is 7.43. The summed E-state index contributed by atoms with van der Waals surface area (Å²) < 4.78 is 0. The van der Waals surface area contributed by atoms with Crippen LogP contribution >= 0.6 is 0 Å². The van der Waals surface area contributed by atoms with E-state index in [2.05, 4.69) is 72.8 Å². The van der Waals surface area contributed by atoms with Crippen LogP contribution in [-0.2, 0) is 0 Å². The van der Waals surface area contributed by atoms with Crippen LogP contribution in [-0.4, -0.2) is 7.28 Å². The van der Waals surface area contributed by atoms with Crippen LogP contribution in [0.4, 0.5) is 0 Å². The van der Waals surface area contributed by atoms with Gasteiger partial charge in [-0.25, -0.2) is 0 Å². The first-order valence-corrected chi connectivity index (χ1v) is 7.43. The summed E-state index contributed by atoms with van der Waals surface area (Å²) in [5, 5.41) is 5.45. The second kappa shape index (κ2) is 3.99. The van der Waals surface area contributed by atoms with Crippen molar-refractivity contribution >= 4 is 39.8 Å². The Morgan fingerprint density at radius 3 is 2.10 bits per heavy atom. The molecule has 1 heteroatoms. The molecular formula is C20H13B. The zero-order chi connectivity index (χ0) is 13.8. The van der Waals surface area contributed by atoms with Crippen LogP contribution in [0.1, 0.15) is 0 Å². The molecule has 1 aliphatic rings. The van der Waals surface area contributed by atoms with Crippen LogP contribution in [0, 0.1) is 0 Å². The first kappa shape index (κ1) is 11.2. The lowest BCUT2D eigenvalue weighted by atomic mass is 9.66. The summed E-state index contributed by atoms with van der Waals surface area (Å²) in [7, 11) is 1.05. The average molecular weight is 264 g/mol. The Kier molecular flexibility index (Phi) is 2.12. The van der Waals surface area contributed by atoms with Gasteiger partial charge in [-0.15, -0.1) is 0 Å². The largest absolute Gasteiger partial charge is 0.194 e. The van der Waals surface area contributed by atoms with Gasteiger partial charge in [0, 0.05) is 0 Å². The van der Waals surface area contributed by atoms with Gasteiger partial charge in [-0.05, 0) is 32.7 Å². The zero-order valence-electron chi connectivity index (χ0n) is 11.6. The van der Waals surface area contributed by atoms with Crippen LogP contribution in [0.5, 0.6) is 0 Å². The molecule has 0 unspecified atom stereocenters. The van der Waals surface area contributed by atoms with Crippen molar-refractivity contribution < 1.29 is 0 Å². The van der Waals surface area contributed by atoms with Crippen LogP contribution < -0.4 is 10.9 Å². The van der Waals surface area contributed by atoms with E-state index in [9.17, 15) is 0 Å². The molecule has 0 atom stereocenters. The standard InChI is InChI=1S/C20H13B/c1-3-7-15-13(5-1)10-12-18-19(15)17-11-9-14-6-2-4-8-16(14)20(17)21-18/h1-12,21H. The maximum atomic E-state index is 2.30. The van der Waals surface area contributed by atoms with E-state index < -0.39 is 0 Å². The average Bonchev–Trinajstić information content (AvgIpc) is 2.94. The van der Waals surface area contributed by atoms with E-state index in [1.807, 2.05) is 0 Å². The van der Waals surface area contributed by atoms with Gasteiger partial charge in [0.05, 0.1) is 0 Å². The molecule has 0 bridgehead atoms. The van der Waals surface area contributed by atoms with Gasteiger partial charge in [-0.1, -0.05) is 83.7 Å². The predicted molar refractivity (Wildman–Crippen MR) is 93.3 cm³/mol. The summed E-state index contributed by atoms with van der Waals surface area (Å²) >= 11 is 0. The lowest BCUT2D eigenvalue weighted by molar-refractivity contribution is 1.74. The molecule has 0 aromatic heterocycles. The summed E-state index contributed by atoms with van der Waals surface area (Å²) in [6.45, 7) is 0. The minimum Gasteiger partial charge on any atom is -0.0702 e. The maximum absolute atomic E-state index is 2.30. The van der Waals surface area contributed by atoms with Gasteiger partial charge in [0.2, 0.25) is 0 Å². The summed E-state index contributed by atoms with van der Waals surface area (Å²) in [4.78, 5) is 0. The van der Waals surface area contributed by atoms with Crippen molar-refractivity contribution in [3.05, 3.63) is 72.8 Å². The Bertz CT molecular complexity index is 1010. The van der Waals surface area contributed by atoms with E-state index in [4.69, 9.17) is 0 Å². The molecule has 0 N–H and O–H groups in total. The van der Waals surface area contributed by atoms with Crippen LogP contribution in [0.2, 0.25) is 0 Å². The van der Waals surface area contributed by atoms with Crippen molar-refractivity contribution in [1.29, 1.82) is 0 Å². The molecule has 1 heterocycles. The van der Waals surface area contributed by atoms with Gasteiger partial charge in [-0.3, -0.25) is 0 Å². The third-order valence-electron chi connectivity index (χ3n) is 4.69. The maximum Gasteiger partial charge on any atom is 0.194 e. The van der Waals surface area contributed by atoms with Gasteiger partial charge in [0.25, 0.3) is 0 Å². The SMILES string of the molecule is B1c2ccc3ccccc3c2-c2ccc3ccccc3c21. The van der Waals surface area contributed by atoms with Crippen molar-refractivity contribution in [2.45, 2.75) is 0 Å². The van der Waals surface area contributed by atoms with Crippen molar-refractivity contribution in [1.82, 2.24) is 0 Å². The molecule has 4 aromatic rings. The third kappa shape index (κ3) is 1.46. The molecule has 1 aliphatic heterocycles. The molecule has 21 heavy (non-hydrogen) atoms. The second-order valence-corrected chi connectivity index (χ2v) is 5.81. The third-order valence-corrected chi connectivity index (χ3v) is 4.69. The summed E-state index contributed by atoms with van der Waals surface area (Å²) in [6, 6.07) is 26.5. The van der Waals surface area contributed by atoms with Gasteiger partial charge in [-0.2, -0.15) is 0 Å². The number of benzene rings is 4. The lowest BCUT2D eigenvalue weighted by Crippen LogP contribution is -2.21. The molecule has 0 amide bonds. The molecule has 0 saturated heterocycles. The number of fused-ring (bicyclic) bond motifs is 7. The molecule has 0 saturated carbocycles. The molecule has 0 radical (unpaired) electrons. The molecule has 0 nitrogen and oxygen atoms in total. The van der Waals surface area contributed by atoms with Gasteiger partial charge in [0.1, 0.15) is 0 Å². The van der Waals surface area contributed by atoms with Gasteiger partial charge in [0.15, 0.2) is 7.28 Å². The van der Waals surface area contributed by atoms with E-state index in [1.54, 1.807) is 0 Å². The fourth-order valence-electron chi connectivity index (χ4n) is 3.73. The second-order valence-electron chi connectivity index (χ2n) is 5.81. The van der Waals surface area contributed by atoms with Crippen LogP contribution in [0.25, 0.3) is 32.7 Å². The smallest absolute Gasteiger partial charge is 0.0702 e. The summed E-state index contributed by atoms with van der Waals surface area (Å²) in [6.07, 6.45) is 0. The highest BCUT2D eigenvalue weighted by Gasteiger charge is 2.23. The summed E-state index contributed by atoms with van der Waals surface area (Å²) in [5.74, 6) is 0. The summed E-state index contributed by atoms with van der Waals surface area (Å²) in [5.41, 5.74) is 5.80. The Balaban J connectivity index is 1.93. The lowest BCUT2D eigenvalue weighted by Gasteiger charge is -2.08. The highest BCUT2D eigenvalue weighted by Crippen LogP contribution is 2.31. The topological polar surface area (TPSA) is 0 Å². The quantitative estimate of drug-likeness (QED) is 0.376. The first-order chi connectivity index (χ1) is 10.4. The minimum absolute atomic E-state index is 1.05. The van der Waals surface area contributed by atoms with Crippen LogP contribution in [0.3, 0.4) is 0 Å². The van der Waals surface area contributed by atoms with Gasteiger partial charge < -0.3 is 0 Å². The Morgan fingerprint density at radius 1 is 0.571 bits per heavy atom. The number of hydrogen-bond acceptors (Lipinski definition) is 0.